The van der Waals surface area contributed by atoms with Crippen molar-refractivity contribution in [3.05, 3.63) is 156 Å². The predicted molar refractivity (Wildman–Crippen MR) is 132 cm³/mol. The van der Waals surface area contributed by atoms with E-state index in [0.717, 1.165) is 6.42 Å². The Morgan fingerprint density at radius 2 is 1.16 bits per heavy atom. The molecule has 0 heteroatoms. The average molecular weight is 399 g/mol. The van der Waals surface area contributed by atoms with Crippen LogP contribution in [0, 0.1) is 0 Å². The van der Waals surface area contributed by atoms with Crippen LogP contribution < -0.4 is 0 Å². The summed E-state index contributed by atoms with van der Waals surface area (Å²) in [6.07, 6.45) is 8.21. The van der Waals surface area contributed by atoms with Crippen molar-refractivity contribution < 1.29 is 0 Å². The van der Waals surface area contributed by atoms with E-state index in [-0.39, 0.29) is 11.3 Å². The minimum absolute atomic E-state index is 0.135. The molecule has 0 fully saturated rings. The van der Waals surface area contributed by atoms with E-state index in [1.807, 2.05) is 0 Å². The largest absolute Gasteiger partial charge is 0.0721 e. The van der Waals surface area contributed by atoms with Crippen molar-refractivity contribution in [1.29, 1.82) is 0 Å². The van der Waals surface area contributed by atoms with Crippen LogP contribution in [0.5, 0.6) is 0 Å². The molecule has 150 valence electrons. The highest BCUT2D eigenvalue weighted by Gasteiger charge is 2.43. The monoisotopic (exact) mass is 398 g/mol. The molecule has 4 aromatic carbocycles. The van der Waals surface area contributed by atoms with Gasteiger partial charge in [-0.05, 0) is 34.2 Å². The minimum Gasteiger partial charge on any atom is -0.0721 e. The first kappa shape index (κ1) is 19.3. The van der Waals surface area contributed by atoms with Crippen LogP contribution >= 0.6 is 0 Å². The fourth-order valence-corrected chi connectivity index (χ4v) is 4.84. The van der Waals surface area contributed by atoms with Crippen LogP contribution in [-0.2, 0) is 5.41 Å². The molecular formula is C31H26. The second-order valence-electron chi connectivity index (χ2n) is 8.27. The third-order valence-corrected chi connectivity index (χ3v) is 6.39. The van der Waals surface area contributed by atoms with Gasteiger partial charge in [0.25, 0.3) is 0 Å². The first-order valence-electron chi connectivity index (χ1n) is 11.0. The van der Waals surface area contributed by atoms with E-state index in [1.165, 1.54) is 27.8 Å². The van der Waals surface area contributed by atoms with Gasteiger partial charge in [-0.3, -0.25) is 0 Å². The summed E-state index contributed by atoms with van der Waals surface area (Å²) in [6, 6.07) is 43.4. The van der Waals surface area contributed by atoms with E-state index in [0.29, 0.717) is 0 Å². The smallest absolute Gasteiger partial charge is 0.0279 e. The minimum atomic E-state index is -0.135. The molecule has 0 radical (unpaired) electrons. The normalized spacial score (nSPS) is 20.6. The van der Waals surface area contributed by atoms with E-state index in [9.17, 15) is 0 Å². The third-order valence-electron chi connectivity index (χ3n) is 6.39. The maximum Gasteiger partial charge on any atom is 0.0279 e. The van der Waals surface area contributed by atoms with E-state index < -0.39 is 0 Å². The van der Waals surface area contributed by atoms with Crippen LogP contribution in [0.3, 0.4) is 0 Å². The number of allylic oxidation sites excluding steroid dienone is 3. The molecule has 0 unspecified atom stereocenters. The van der Waals surface area contributed by atoms with Crippen LogP contribution in [0.2, 0.25) is 0 Å². The van der Waals surface area contributed by atoms with Gasteiger partial charge in [-0.1, -0.05) is 140 Å². The van der Waals surface area contributed by atoms with E-state index in [4.69, 9.17) is 0 Å². The molecule has 1 aliphatic carbocycles. The van der Waals surface area contributed by atoms with Gasteiger partial charge in [0, 0.05) is 11.3 Å². The molecule has 0 nitrogen and oxygen atoms in total. The number of hydrogen-bond acceptors (Lipinski definition) is 0. The molecule has 0 saturated heterocycles. The first-order valence-corrected chi connectivity index (χ1v) is 11.0. The van der Waals surface area contributed by atoms with Crippen molar-refractivity contribution >= 4 is 11.6 Å². The topological polar surface area (TPSA) is 0 Å². The van der Waals surface area contributed by atoms with E-state index in [2.05, 4.69) is 140 Å². The molecule has 1 aliphatic rings. The molecule has 31 heavy (non-hydrogen) atoms. The zero-order chi connectivity index (χ0) is 20.9. The Balaban J connectivity index is 1.68. The summed E-state index contributed by atoms with van der Waals surface area (Å²) in [5.74, 6) is 0.270. The van der Waals surface area contributed by atoms with Gasteiger partial charge in [-0.25, -0.2) is 0 Å². The van der Waals surface area contributed by atoms with Crippen molar-refractivity contribution in [2.45, 2.75) is 17.8 Å². The Bertz CT molecular complexity index is 1170. The molecule has 0 heterocycles. The van der Waals surface area contributed by atoms with E-state index >= 15 is 0 Å². The third kappa shape index (κ3) is 3.90. The van der Waals surface area contributed by atoms with Gasteiger partial charge < -0.3 is 0 Å². The number of benzene rings is 4. The molecule has 4 aromatic rings. The summed E-state index contributed by atoms with van der Waals surface area (Å²) in [5.41, 5.74) is 6.54. The van der Waals surface area contributed by atoms with Crippen molar-refractivity contribution in [3.8, 4) is 0 Å². The van der Waals surface area contributed by atoms with Gasteiger partial charge in [0.1, 0.15) is 0 Å². The molecule has 0 aromatic heterocycles. The molecule has 0 spiro atoms. The summed E-state index contributed by atoms with van der Waals surface area (Å²) in [7, 11) is 0. The highest BCUT2D eigenvalue weighted by Crippen LogP contribution is 2.53. The van der Waals surface area contributed by atoms with Crippen LogP contribution in [0.25, 0.3) is 11.6 Å². The van der Waals surface area contributed by atoms with Crippen molar-refractivity contribution in [1.82, 2.24) is 0 Å². The van der Waals surface area contributed by atoms with Gasteiger partial charge in [0.05, 0.1) is 0 Å². The zero-order valence-corrected chi connectivity index (χ0v) is 17.6. The van der Waals surface area contributed by atoms with Crippen LogP contribution in [-0.4, -0.2) is 0 Å². The van der Waals surface area contributed by atoms with E-state index in [1.54, 1.807) is 0 Å². The average Bonchev–Trinajstić information content (AvgIpc) is 3.26. The molecule has 5 rings (SSSR count). The summed E-state index contributed by atoms with van der Waals surface area (Å²) in [5, 5.41) is 0. The van der Waals surface area contributed by atoms with Crippen LogP contribution in [0.4, 0.5) is 0 Å². The molecule has 0 N–H and O–H groups in total. The molecule has 0 saturated carbocycles. The SMILES string of the molecule is C1=C(c2ccccc2)C[C@](/C=C\c2ccccc2)(c2ccccc2)[C@H]1c1ccccc1. The quantitative estimate of drug-likeness (QED) is 0.320. The highest BCUT2D eigenvalue weighted by molar-refractivity contribution is 5.74. The maximum absolute atomic E-state index is 2.49. The lowest BCUT2D eigenvalue weighted by Crippen LogP contribution is -2.27. The molecular weight excluding hydrogens is 372 g/mol. The number of hydrogen-bond donors (Lipinski definition) is 0. The summed E-state index contributed by atoms with van der Waals surface area (Å²) in [6.45, 7) is 0. The van der Waals surface area contributed by atoms with Gasteiger partial charge in [0.2, 0.25) is 0 Å². The Hall–Kier alpha value is -3.64. The predicted octanol–water partition coefficient (Wildman–Crippen LogP) is 7.91. The number of rotatable bonds is 5. The Labute approximate surface area is 185 Å². The first-order chi connectivity index (χ1) is 15.4. The summed E-state index contributed by atoms with van der Waals surface area (Å²) >= 11 is 0. The Morgan fingerprint density at radius 1 is 0.613 bits per heavy atom. The second-order valence-corrected chi connectivity index (χ2v) is 8.27. The van der Waals surface area contributed by atoms with Crippen molar-refractivity contribution in [2.24, 2.45) is 0 Å². The van der Waals surface area contributed by atoms with Gasteiger partial charge in [-0.15, -0.1) is 0 Å². The summed E-state index contributed by atoms with van der Waals surface area (Å²) < 4.78 is 0. The lowest BCUT2D eigenvalue weighted by atomic mass is 9.68. The standard InChI is InChI=1S/C31H26/c1-5-13-25(14-6-1)21-22-31(29-19-11-4-12-20-29)24-28(26-15-7-2-8-16-26)23-30(31)27-17-9-3-10-18-27/h1-23,30H,24H2/b22-21-/t30-,31-/m1/s1. The van der Waals surface area contributed by atoms with Crippen LogP contribution in [0.1, 0.15) is 34.6 Å². The molecule has 0 bridgehead atoms. The highest BCUT2D eigenvalue weighted by atomic mass is 14.5. The fraction of sp³-hybridized carbons (Fsp3) is 0.0968. The molecule has 0 amide bonds. The Morgan fingerprint density at radius 3 is 1.81 bits per heavy atom. The maximum atomic E-state index is 2.49. The van der Waals surface area contributed by atoms with Crippen LogP contribution in [0.15, 0.2) is 133 Å². The fourth-order valence-electron chi connectivity index (χ4n) is 4.84. The lowest BCUT2D eigenvalue weighted by molar-refractivity contribution is 0.521. The zero-order valence-electron chi connectivity index (χ0n) is 17.6. The Kier molecular flexibility index (Phi) is 5.37. The van der Waals surface area contributed by atoms with Gasteiger partial charge in [0.15, 0.2) is 0 Å². The summed E-state index contributed by atoms with van der Waals surface area (Å²) in [4.78, 5) is 0. The van der Waals surface area contributed by atoms with Gasteiger partial charge >= 0.3 is 0 Å². The second kappa shape index (κ2) is 8.62. The van der Waals surface area contributed by atoms with Gasteiger partial charge in [-0.2, -0.15) is 0 Å². The van der Waals surface area contributed by atoms with Crippen molar-refractivity contribution in [3.63, 3.8) is 0 Å². The molecule has 0 aliphatic heterocycles. The lowest BCUT2D eigenvalue weighted by Gasteiger charge is -2.34. The molecule has 2 atom stereocenters. The van der Waals surface area contributed by atoms with Crippen molar-refractivity contribution in [2.75, 3.05) is 0 Å².